The highest BCUT2D eigenvalue weighted by Crippen LogP contribution is 2.28. The summed E-state index contributed by atoms with van der Waals surface area (Å²) >= 11 is 6.77. The molecule has 2 aromatic carbocycles. The molecule has 1 aromatic heterocycles. The first kappa shape index (κ1) is 14.2. The molecule has 3 rings (SSSR count). The number of fused-ring (bicyclic) bond motifs is 1. The van der Waals surface area contributed by atoms with Gasteiger partial charge >= 0.3 is 0 Å². The van der Waals surface area contributed by atoms with E-state index in [1.165, 1.54) is 0 Å². The molecule has 104 valence electrons. The standard InChI is InChI=1S/C16H10Br2N2O/c17-11-7-14(18)16(19-8-11)20-9-13-12-4-2-1-3-10(12)5-6-15(13)21/h1-9,21H/b20-9+. The Balaban J connectivity index is 2.09. The molecule has 0 bridgehead atoms. The second-order valence-electron chi connectivity index (χ2n) is 4.44. The van der Waals surface area contributed by atoms with E-state index >= 15 is 0 Å². The Hall–Kier alpha value is -1.72. The lowest BCUT2D eigenvalue weighted by Crippen LogP contribution is -1.86. The van der Waals surface area contributed by atoms with Gasteiger partial charge in [-0.05, 0) is 54.8 Å². The number of pyridine rings is 1. The van der Waals surface area contributed by atoms with Crippen molar-refractivity contribution in [3.05, 3.63) is 63.2 Å². The SMILES string of the molecule is Oc1ccc2ccccc2c1/C=N/c1ncc(Br)cc1Br. The van der Waals surface area contributed by atoms with Crippen LogP contribution in [0.4, 0.5) is 5.82 Å². The number of aromatic hydroxyl groups is 1. The first-order valence-corrected chi connectivity index (χ1v) is 7.79. The fourth-order valence-electron chi connectivity index (χ4n) is 2.05. The van der Waals surface area contributed by atoms with Gasteiger partial charge in [0.1, 0.15) is 5.75 Å². The summed E-state index contributed by atoms with van der Waals surface area (Å²) < 4.78 is 1.66. The van der Waals surface area contributed by atoms with Gasteiger partial charge in [-0.2, -0.15) is 0 Å². The molecule has 0 aliphatic carbocycles. The van der Waals surface area contributed by atoms with E-state index in [1.54, 1.807) is 18.5 Å². The van der Waals surface area contributed by atoms with Gasteiger partial charge < -0.3 is 5.11 Å². The smallest absolute Gasteiger partial charge is 0.166 e. The number of benzene rings is 2. The van der Waals surface area contributed by atoms with Gasteiger partial charge in [-0.1, -0.05) is 30.3 Å². The number of phenolic OH excluding ortho intramolecular Hbond substituents is 1. The third-order valence-electron chi connectivity index (χ3n) is 3.05. The molecular weight excluding hydrogens is 396 g/mol. The second-order valence-corrected chi connectivity index (χ2v) is 6.21. The summed E-state index contributed by atoms with van der Waals surface area (Å²) in [6.45, 7) is 0. The van der Waals surface area contributed by atoms with Crippen molar-refractivity contribution in [1.82, 2.24) is 4.98 Å². The van der Waals surface area contributed by atoms with Crippen LogP contribution in [-0.4, -0.2) is 16.3 Å². The zero-order chi connectivity index (χ0) is 14.8. The summed E-state index contributed by atoms with van der Waals surface area (Å²) in [4.78, 5) is 8.59. The maximum Gasteiger partial charge on any atom is 0.166 e. The Morgan fingerprint density at radius 1 is 1.10 bits per heavy atom. The van der Waals surface area contributed by atoms with E-state index in [0.29, 0.717) is 11.4 Å². The summed E-state index contributed by atoms with van der Waals surface area (Å²) in [6.07, 6.45) is 3.32. The number of aromatic nitrogens is 1. The molecule has 0 spiro atoms. The van der Waals surface area contributed by atoms with Crippen molar-refractivity contribution in [2.45, 2.75) is 0 Å². The molecule has 0 radical (unpaired) electrons. The van der Waals surface area contributed by atoms with Gasteiger partial charge in [0.25, 0.3) is 0 Å². The van der Waals surface area contributed by atoms with Gasteiger partial charge in [0.05, 0.1) is 4.47 Å². The van der Waals surface area contributed by atoms with E-state index in [2.05, 4.69) is 41.8 Å². The first-order valence-electron chi connectivity index (χ1n) is 6.21. The molecule has 21 heavy (non-hydrogen) atoms. The largest absolute Gasteiger partial charge is 0.507 e. The van der Waals surface area contributed by atoms with Gasteiger partial charge in [0.2, 0.25) is 0 Å². The van der Waals surface area contributed by atoms with E-state index in [4.69, 9.17) is 0 Å². The maximum absolute atomic E-state index is 10.1. The van der Waals surface area contributed by atoms with Crippen LogP contribution in [0.15, 0.2) is 62.6 Å². The molecule has 1 heterocycles. The Kier molecular flexibility index (Phi) is 4.03. The van der Waals surface area contributed by atoms with Crippen LogP contribution in [0.1, 0.15) is 5.56 Å². The van der Waals surface area contributed by atoms with Crippen LogP contribution in [0.5, 0.6) is 5.75 Å². The van der Waals surface area contributed by atoms with Crippen LogP contribution in [0, 0.1) is 0 Å². The summed E-state index contributed by atoms with van der Waals surface area (Å²) in [5.74, 6) is 0.760. The molecule has 1 N–H and O–H groups in total. The number of nitrogens with zero attached hydrogens (tertiary/aromatic N) is 2. The monoisotopic (exact) mass is 404 g/mol. The predicted molar refractivity (Wildman–Crippen MR) is 92.5 cm³/mol. The van der Waals surface area contributed by atoms with Crippen LogP contribution in [-0.2, 0) is 0 Å². The normalized spacial score (nSPS) is 11.3. The molecule has 0 saturated heterocycles. The molecule has 0 aliphatic heterocycles. The zero-order valence-electron chi connectivity index (χ0n) is 10.8. The summed E-state index contributed by atoms with van der Waals surface area (Å²) in [5, 5.41) is 12.1. The molecule has 0 atom stereocenters. The molecule has 0 amide bonds. The fraction of sp³-hybridized carbons (Fsp3) is 0. The number of hydrogen-bond acceptors (Lipinski definition) is 3. The third-order valence-corrected chi connectivity index (χ3v) is 4.07. The number of hydrogen-bond donors (Lipinski definition) is 1. The summed E-state index contributed by atoms with van der Waals surface area (Å²) in [7, 11) is 0. The van der Waals surface area contributed by atoms with Crippen molar-refractivity contribution in [3.8, 4) is 5.75 Å². The van der Waals surface area contributed by atoms with Crippen molar-refractivity contribution in [2.24, 2.45) is 4.99 Å². The highest BCUT2D eigenvalue weighted by Gasteiger charge is 2.05. The number of phenols is 1. The van der Waals surface area contributed by atoms with E-state index in [-0.39, 0.29) is 5.75 Å². The van der Waals surface area contributed by atoms with Crippen LogP contribution in [0.3, 0.4) is 0 Å². The van der Waals surface area contributed by atoms with Crippen LogP contribution in [0.25, 0.3) is 10.8 Å². The van der Waals surface area contributed by atoms with Gasteiger partial charge in [-0.25, -0.2) is 9.98 Å². The molecule has 0 fully saturated rings. The predicted octanol–water partition coefficient (Wildman–Crippen LogP) is 5.22. The van der Waals surface area contributed by atoms with Crippen LogP contribution < -0.4 is 0 Å². The van der Waals surface area contributed by atoms with Gasteiger partial charge in [-0.15, -0.1) is 0 Å². The van der Waals surface area contributed by atoms with Crippen LogP contribution >= 0.6 is 31.9 Å². The highest BCUT2D eigenvalue weighted by molar-refractivity contribution is 9.11. The average molecular weight is 406 g/mol. The third kappa shape index (κ3) is 2.99. The minimum Gasteiger partial charge on any atom is -0.507 e. The Morgan fingerprint density at radius 2 is 1.90 bits per heavy atom. The lowest BCUT2D eigenvalue weighted by atomic mass is 10.0. The first-order chi connectivity index (χ1) is 10.1. The van der Waals surface area contributed by atoms with Crippen molar-refractivity contribution in [1.29, 1.82) is 0 Å². The van der Waals surface area contributed by atoms with E-state index in [1.807, 2.05) is 36.4 Å². The Morgan fingerprint density at radius 3 is 2.71 bits per heavy atom. The Bertz CT molecular complexity index is 847. The number of halogens is 2. The second kappa shape index (κ2) is 5.95. The lowest BCUT2D eigenvalue weighted by Gasteiger charge is -2.04. The van der Waals surface area contributed by atoms with Crippen LogP contribution in [0.2, 0.25) is 0 Å². The minimum absolute atomic E-state index is 0.200. The van der Waals surface area contributed by atoms with E-state index in [9.17, 15) is 5.11 Å². The van der Waals surface area contributed by atoms with E-state index in [0.717, 1.165) is 19.7 Å². The van der Waals surface area contributed by atoms with Crippen molar-refractivity contribution in [3.63, 3.8) is 0 Å². The van der Waals surface area contributed by atoms with Crippen molar-refractivity contribution >= 4 is 54.7 Å². The van der Waals surface area contributed by atoms with E-state index < -0.39 is 0 Å². The summed E-state index contributed by atoms with van der Waals surface area (Å²) in [5.41, 5.74) is 0.685. The average Bonchev–Trinajstić information content (AvgIpc) is 2.48. The minimum atomic E-state index is 0.200. The lowest BCUT2D eigenvalue weighted by molar-refractivity contribution is 0.475. The number of rotatable bonds is 2. The topological polar surface area (TPSA) is 45.5 Å². The van der Waals surface area contributed by atoms with Gasteiger partial charge in [0.15, 0.2) is 5.82 Å². The molecule has 5 heteroatoms. The highest BCUT2D eigenvalue weighted by atomic mass is 79.9. The Labute approximate surface area is 138 Å². The van der Waals surface area contributed by atoms with Gasteiger partial charge in [0, 0.05) is 22.4 Å². The van der Waals surface area contributed by atoms with Crippen molar-refractivity contribution < 1.29 is 5.11 Å². The number of aliphatic imine (C=N–C) groups is 1. The molecule has 0 saturated carbocycles. The zero-order valence-corrected chi connectivity index (χ0v) is 14.0. The molecular formula is C16H10Br2N2O. The molecule has 0 aliphatic rings. The molecule has 0 unspecified atom stereocenters. The fourth-order valence-corrected chi connectivity index (χ4v) is 3.14. The molecule has 3 aromatic rings. The van der Waals surface area contributed by atoms with Crippen molar-refractivity contribution in [2.75, 3.05) is 0 Å². The maximum atomic E-state index is 10.1. The quantitative estimate of drug-likeness (QED) is 0.594. The summed E-state index contributed by atoms with van der Waals surface area (Å²) in [6, 6.07) is 13.3. The molecule has 3 nitrogen and oxygen atoms in total. The van der Waals surface area contributed by atoms with Gasteiger partial charge in [-0.3, -0.25) is 0 Å².